The van der Waals surface area contributed by atoms with Gasteiger partial charge in [-0.3, -0.25) is 0 Å². The number of rotatable bonds is 3. The maximum absolute atomic E-state index is 8.72. The minimum absolute atomic E-state index is 0.413. The third kappa shape index (κ3) is 2.66. The van der Waals surface area contributed by atoms with Gasteiger partial charge in [-0.05, 0) is 24.6 Å². The van der Waals surface area contributed by atoms with Gasteiger partial charge in [-0.25, -0.2) is 4.98 Å². The molecule has 0 bridgehead atoms. The normalized spacial score (nSPS) is 10.2. The van der Waals surface area contributed by atoms with Gasteiger partial charge in [0.1, 0.15) is 5.82 Å². The van der Waals surface area contributed by atoms with Crippen LogP contribution in [-0.2, 0) is 12.3 Å². The summed E-state index contributed by atoms with van der Waals surface area (Å²) in [4.78, 5) is 7.53. The van der Waals surface area contributed by atoms with Crippen molar-refractivity contribution in [2.24, 2.45) is 0 Å². The van der Waals surface area contributed by atoms with Gasteiger partial charge in [-0.1, -0.05) is 12.1 Å². The summed E-state index contributed by atoms with van der Waals surface area (Å²) in [6.45, 7) is 1.92. The number of nitrogens with one attached hydrogen (secondary N) is 1. The number of nitriles is 1. The Hall–Kier alpha value is -1.79. The molecule has 86 valence electrons. The van der Waals surface area contributed by atoms with Gasteiger partial charge in [0, 0.05) is 12.1 Å². The summed E-state index contributed by atoms with van der Waals surface area (Å²) in [5.74, 6) is 1.29. The molecule has 0 fully saturated rings. The van der Waals surface area contributed by atoms with Gasteiger partial charge in [0.05, 0.1) is 23.2 Å². The smallest absolute Gasteiger partial charge is 0.103 e. The lowest BCUT2D eigenvalue weighted by atomic mass is 10.1. The van der Waals surface area contributed by atoms with E-state index in [1.54, 1.807) is 0 Å². The van der Waals surface area contributed by atoms with Crippen molar-refractivity contribution >= 4 is 11.6 Å². The number of halogens is 1. The van der Waals surface area contributed by atoms with Crippen LogP contribution in [0.1, 0.15) is 28.3 Å². The Morgan fingerprint density at radius 3 is 2.65 bits per heavy atom. The molecule has 0 unspecified atom stereocenters. The van der Waals surface area contributed by atoms with Gasteiger partial charge in [0.15, 0.2) is 0 Å². The number of benzene rings is 1. The Kier molecular flexibility index (Phi) is 3.46. The minimum Gasteiger partial charge on any atom is -0.346 e. The number of aryl methyl sites for hydroxylation is 1. The Bertz CT molecular complexity index is 549. The average molecular weight is 246 g/mol. The molecule has 0 aliphatic carbocycles. The molecular weight excluding hydrogens is 234 g/mol. The summed E-state index contributed by atoms with van der Waals surface area (Å²) in [6, 6.07) is 9.64. The van der Waals surface area contributed by atoms with Gasteiger partial charge in [0.2, 0.25) is 0 Å². The number of H-pyrrole nitrogens is 1. The molecule has 0 amide bonds. The zero-order chi connectivity index (χ0) is 12.3. The van der Waals surface area contributed by atoms with E-state index in [4.69, 9.17) is 16.9 Å². The molecule has 1 aromatic heterocycles. The van der Waals surface area contributed by atoms with E-state index in [1.165, 1.54) is 0 Å². The van der Waals surface area contributed by atoms with Crippen molar-refractivity contribution in [1.82, 2.24) is 9.97 Å². The molecule has 3 nitrogen and oxygen atoms in total. The number of aromatic amines is 1. The van der Waals surface area contributed by atoms with E-state index >= 15 is 0 Å². The van der Waals surface area contributed by atoms with Crippen LogP contribution in [0.4, 0.5) is 0 Å². The number of imidazole rings is 1. The molecule has 2 rings (SSSR count). The van der Waals surface area contributed by atoms with E-state index in [-0.39, 0.29) is 0 Å². The first-order valence-electron chi connectivity index (χ1n) is 5.32. The maximum atomic E-state index is 8.72. The highest BCUT2D eigenvalue weighted by molar-refractivity contribution is 6.17. The van der Waals surface area contributed by atoms with E-state index < -0.39 is 0 Å². The molecule has 0 spiro atoms. The van der Waals surface area contributed by atoms with Crippen molar-refractivity contribution in [1.29, 1.82) is 5.26 Å². The van der Waals surface area contributed by atoms with Crippen LogP contribution in [0.3, 0.4) is 0 Å². The predicted octanol–water partition coefficient (Wildman–Crippen LogP) is 2.92. The van der Waals surface area contributed by atoms with Gasteiger partial charge >= 0.3 is 0 Å². The van der Waals surface area contributed by atoms with Crippen LogP contribution in [0.15, 0.2) is 24.3 Å². The highest BCUT2D eigenvalue weighted by Crippen LogP contribution is 2.14. The fourth-order valence-electron chi connectivity index (χ4n) is 1.75. The Morgan fingerprint density at radius 2 is 2.06 bits per heavy atom. The lowest BCUT2D eigenvalue weighted by Gasteiger charge is -2.01. The van der Waals surface area contributed by atoms with Crippen molar-refractivity contribution in [3.63, 3.8) is 0 Å². The topological polar surface area (TPSA) is 52.5 Å². The van der Waals surface area contributed by atoms with Gasteiger partial charge in [-0.2, -0.15) is 5.26 Å². The van der Waals surface area contributed by atoms with E-state index in [0.29, 0.717) is 11.4 Å². The fourth-order valence-corrected chi connectivity index (χ4v) is 1.97. The van der Waals surface area contributed by atoms with Crippen LogP contribution in [-0.4, -0.2) is 9.97 Å². The summed E-state index contributed by atoms with van der Waals surface area (Å²) >= 11 is 5.83. The highest BCUT2D eigenvalue weighted by atomic mass is 35.5. The molecule has 0 saturated carbocycles. The van der Waals surface area contributed by atoms with Crippen LogP contribution in [0.5, 0.6) is 0 Å². The molecule has 2 aromatic rings. The molecule has 0 saturated heterocycles. The molecule has 1 aromatic carbocycles. The van der Waals surface area contributed by atoms with Gasteiger partial charge in [-0.15, -0.1) is 11.6 Å². The quantitative estimate of drug-likeness (QED) is 0.846. The van der Waals surface area contributed by atoms with Gasteiger partial charge < -0.3 is 4.98 Å². The molecular formula is C13H12ClN3. The fraction of sp³-hybridized carbons (Fsp3) is 0.231. The van der Waals surface area contributed by atoms with Crippen LogP contribution in [0.2, 0.25) is 0 Å². The van der Waals surface area contributed by atoms with Crippen molar-refractivity contribution in [2.45, 2.75) is 19.2 Å². The first kappa shape index (κ1) is 11.7. The van der Waals surface area contributed by atoms with Crippen molar-refractivity contribution in [3.05, 3.63) is 52.6 Å². The maximum Gasteiger partial charge on any atom is 0.103 e. The molecule has 0 aliphatic rings. The van der Waals surface area contributed by atoms with E-state index in [1.807, 2.05) is 31.2 Å². The molecule has 0 atom stereocenters. The van der Waals surface area contributed by atoms with Gasteiger partial charge in [0.25, 0.3) is 0 Å². The largest absolute Gasteiger partial charge is 0.346 e. The second kappa shape index (κ2) is 5.03. The zero-order valence-corrected chi connectivity index (χ0v) is 10.3. The van der Waals surface area contributed by atoms with Crippen LogP contribution in [0, 0.1) is 18.3 Å². The average Bonchev–Trinajstić information content (AvgIpc) is 2.70. The third-order valence-electron chi connectivity index (χ3n) is 2.57. The number of aromatic nitrogens is 2. The van der Waals surface area contributed by atoms with Crippen LogP contribution < -0.4 is 0 Å². The van der Waals surface area contributed by atoms with Crippen molar-refractivity contribution in [3.8, 4) is 6.07 Å². The highest BCUT2D eigenvalue weighted by Gasteiger charge is 2.07. The second-order valence-corrected chi connectivity index (χ2v) is 4.13. The summed E-state index contributed by atoms with van der Waals surface area (Å²) < 4.78 is 0. The number of hydrogen-bond acceptors (Lipinski definition) is 2. The summed E-state index contributed by atoms with van der Waals surface area (Å²) in [5, 5.41) is 8.72. The number of nitrogens with zero attached hydrogens (tertiary/aromatic N) is 2. The standard InChI is InChI=1S/C13H12ClN3/c1-9-16-12(13(7-14)17-9)6-10-2-4-11(8-15)5-3-10/h2-5H,6-7H2,1H3,(H,16,17). The Balaban J connectivity index is 2.22. The molecule has 1 heterocycles. The van der Waals surface area contributed by atoms with Crippen molar-refractivity contribution < 1.29 is 0 Å². The molecule has 4 heteroatoms. The van der Waals surface area contributed by atoms with Crippen molar-refractivity contribution in [2.75, 3.05) is 0 Å². The molecule has 17 heavy (non-hydrogen) atoms. The summed E-state index contributed by atoms with van der Waals surface area (Å²) in [7, 11) is 0. The Labute approximate surface area is 105 Å². The summed E-state index contributed by atoms with van der Waals surface area (Å²) in [6.07, 6.45) is 0.759. The lowest BCUT2D eigenvalue weighted by Crippen LogP contribution is -1.93. The van der Waals surface area contributed by atoms with E-state index in [9.17, 15) is 0 Å². The monoisotopic (exact) mass is 245 g/mol. The molecule has 0 radical (unpaired) electrons. The first-order chi connectivity index (χ1) is 8.22. The third-order valence-corrected chi connectivity index (χ3v) is 2.83. The first-order valence-corrected chi connectivity index (χ1v) is 5.85. The SMILES string of the molecule is Cc1nc(CCl)c(Cc2ccc(C#N)cc2)[nH]1. The lowest BCUT2D eigenvalue weighted by molar-refractivity contribution is 1.06. The van der Waals surface area contributed by atoms with E-state index in [2.05, 4.69) is 16.0 Å². The zero-order valence-electron chi connectivity index (χ0n) is 9.50. The van der Waals surface area contributed by atoms with E-state index in [0.717, 1.165) is 29.2 Å². The number of alkyl halides is 1. The van der Waals surface area contributed by atoms with Crippen LogP contribution >= 0.6 is 11.6 Å². The summed E-state index contributed by atoms with van der Waals surface area (Å²) in [5.41, 5.74) is 3.75. The second-order valence-electron chi connectivity index (χ2n) is 3.87. The predicted molar refractivity (Wildman–Crippen MR) is 66.8 cm³/mol. The minimum atomic E-state index is 0.413. The molecule has 1 N–H and O–H groups in total. The Morgan fingerprint density at radius 1 is 1.35 bits per heavy atom. The van der Waals surface area contributed by atoms with Crippen LogP contribution in [0.25, 0.3) is 0 Å². The molecule has 0 aliphatic heterocycles. The number of hydrogen-bond donors (Lipinski definition) is 1.